The van der Waals surface area contributed by atoms with Gasteiger partial charge in [-0.25, -0.2) is 9.37 Å². The van der Waals surface area contributed by atoms with Gasteiger partial charge in [0, 0.05) is 10.6 Å². The lowest BCUT2D eigenvalue weighted by Gasteiger charge is -2.16. The molecule has 0 aliphatic heterocycles. The maximum absolute atomic E-state index is 14.3. The minimum Gasteiger partial charge on any atom is -0.462 e. The number of hydrogen-bond acceptors (Lipinski definition) is 4. The highest BCUT2D eigenvalue weighted by molar-refractivity contribution is 6.31. The number of benzene rings is 1. The van der Waals surface area contributed by atoms with E-state index in [1.807, 2.05) is 0 Å². The van der Waals surface area contributed by atoms with Gasteiger partial charge in [0.2, 0.25) is 5.91 Å². The highest BCUT2D eigenvalue weighted by Crippen LogP contribution is 2.33. The first-order chi connectivity index (χ1) is 12.0. The molecule has 0 aliphatic rings. The summed E-state index contributed by atoms with van der Waals surface area (Å²) in [4.78, 5) is 27.4. The summed E-state index contributed by atoms with van der Waals surface area (Å²) in [6.45, 7) is 0. The average molecular weight is 359 g/mol. The van der Waals surface area contributed by atoms with Gasteiger partial charge in [0.05, 0.1) is 17.5 Å². The van der Waals surface area contributed by atoms with Crippen LogP contribution < -0.4 is 5.73 Å². The molecule has 1 unspecified atom stereocenters. The van der Waals surface area contributed by atoms with Crippen LogP contribution >= 0.6 is 11.6 Å². The number of aromatic nitrogens is 1. The Labute approximate surface area is 147 Å². The van der Waals surface area contributed by atoms with Crippen LogP contribution in [0, 0.1) is 5.82 Å². The van der Waals surface area contributed by atoms with Gasteiger partial charge in [0.25, 0.3) is 0 Å². The van der Waals surface area contributed by atoms with Crippen molar-refractivity contribution in [3.8, 4) is 11.5 Å². The summed E-state index contributed by atoms with van der Waals surface area (Å²) in [7, 11) is 0. The zero-order chi connectivity index (χ0) is 18.0. The number of carbonyl (C=O) groups is 2. The van der Waals surface area contributed by atoms with Crippen LogP contribution in [0.5, 0.6) is 0 Å². The number of hydrogen-bond donors (Lipinski definition) is 1. The van der Waals surface area contributed by atoms with Crippen molar-refractivity contribution in [1.82, 2.24) is 4.98 Å². The molecule has 7 heteroatoms. The molecule has 2 N–H and O–H groups in total. The standard InChI is InChI=1S/C18H12ClFN2O3/c19-11-3-1-4-12(20)15(11)16(18(21)24)13-5-2-6-14(22-13)17-10(9-23)7-8-25-17/h1-9,16H,(H2,21,24). The number of halogens is 2. The molecule has 0 saturated carbocycles. The summed E-state index contributed by atoms with van der Waals surface area (Å²) in [6.07, 6.45) is 1.99. The highest BCUT2D eigenvalue weighted by atomic mass is 35.5. The van der Waals surface area contributed by atoms with E-state index in [0.29, 0.717) is 17.5 Å². The SMILES string of the molecule is NC(=O)C(c1cccc(-c2occc2C=O)n1)c1c(F)cccc1Cl. The number of amides is 1. The molecule has 0 bridgehead atoms. The van der Waals surface area contributed by atoms with Gasteiger partial charge in [-0.1, -0.05) is 23.7 Å². The number of furan rings is 1. The fourth-order valence-corrected chi connectivity index (χ4v) is 2.85. The molecule has 1 atom stereocenters. The molecule has 0 aliphatic carbocycles. The topological polar surface area (TPSA) is 86.2 Å². The lowest BCUT2D eigenvalue weighted by Crippen LogP contribution is -2.24. The minimum atomic E-state index is -1.18. The second-order valence-corrected chi connectivity index (χ2v) is 5.65. The molecular weight excluding hydrogens is 347 g/mol. The summed E-state index contributed by atoms with van der Waals surface area (Å²) in [5.74, 6) is -2.38. The summed E-state index contributed by atoms with van der Waals surface area (Å²) < 4.78 is 19.5. The van der Waals surface area contributed by atoms with Crippen LogP contribution in [-0.4, -0.2) is 17.2 Å². The molecule has 0 fully saturated rings. The zero-order valence-electron chi connectivity index (χ0n) is 12.8. The van der Waals surface area contributed by atoms with Gasteiger partial charge in [0.1, 0.15) is 17.4 Å². The highest BCUT2D eigenvalue weighted by Gasteiger charge is 2.28. The number of carbonyl (C=O) groups excluding carboxylic acids is 2. The lowest BCUT2D eigenvalue weighted by molar-refractivity contribution is -0.118. The quantitative estimate of drug-likeness (QED) is 0.706. The van der Waals surface area contributed by atoms with Gasteiger partial charge in [-0.2, -0.15) is 0 Å². The van der Waals surface area contributed by atoms with Crippen LogP contribution in [0.3, 0.4) is 0 Å². The maximum atomic E-state index is 14.3. The lowest BCUT2D eigenvalue weighted by atomic mass is 9.93. The molecule has 0 radical (unpaired) electrons. The van der Waals surface area contributed by atoms with E-state index in [0.717, 1.165) is 0 Å². The number of nitrogens with two attached hydrogens (primary N) is 1. The van der Waals surface area contributed by atoms with Crippen molar-refractivity contribution in [3.63, 3.8) is 0 Å². The van der Waals surface area contributed by atoms with E-state index in [1.165, 1.54) is 36.6 Å². The molecule has 2 aromatic heterocycles. The number of aldehydes is 1. The van der Waals surface area contributed by atoms with Crippen molar-refractivity contribution in [2.45, 2.75) is 5.92 Å². The van der Waals surface area contributed by atoms with Crippen LogP contribution in [0.4, 0.5) is 4.39 Å². The molecule has 5 nitrogen and oxygen atoms in total. The molecular formula is C18H12ClFN2O3. The summed E-state index contributed by atoms with van der Waals surface area (Å²) in [5, 5.41) is 0.0718. The molecule has 2 heterocycles. The monoisotopic (exact) mass is 358 g/mol. The van der Waals surface area contributed by atoms with Crippen LogP contribution in [0.25, 0.3) is 11.5 Å². The summed E-state index contributed by atoms with van der Waals surface area (Å²) in [5.41, 5.74) is 6.27. The third-order valence-electron chi connectivity index (χ3n) is 3.69. The maximum Gasteiger partial charge on any atom is 0.231 e. The van der Waals surface area contributed by atoms with Crippen molar-refractivity contribution in [3.05, 3.63) is 76.4 Å². The van der Waals surface area contributed by atoms with Crippen LogP contribution in [0.15, 0.2) is 53.1 Å². The second-order valence-electron chi connectivity index (χ2n) is 5.24. The molecule has 0 spiro atoms. The third kappa shape index (κ3) is 3.16. The largest absolute Gasteiger partial charge is 0.462 e. The van der Waals surface area contributed by atoms with Crippen molar-refractivity contribution >= 4 is 23.8 Å². The Kier molecular flexibility index (Phi) is 4.63. The van der Waals surface area contributed by atoms with Gasteiger partial charge >= 0.3 is 0 Å². The third-order valence-corrected chi connectivity index (χ3v) is 4.02. The normalized spacial score (nSPS) is 11.9. The van der Waals surface area contributed by atoms with Gasteiger partial charge in [-0.3, -0.25) is 9.59 Å². The first-order valence-electron chi connectivity index (χ1n) is 7.26. The fraction of sp³-hybridized carbons (Fsp3) is 0.0556. The number of nitrogens with zero attached hydrogens (tertiary/aromatic N) is 1. The van der Waals surface area contributed by atoms with Crippen molar-refractivity contribution in [2.24, 2.45) is 5.73 Å². The smallest absolute Gasteiger partial charge is 0.231 e. The Morgan fingerprint density at radius 3 is 2.68 bits per heavy atom. The van der Waals surface area contributed by atoms with Gasteiger partial charge in [0.15, 0.2) is 12.0 Å². The average Bonchev–Trinajstić information content (AvgIpc) is 3.06. The minimum absolute atomic E-state index is 0.0450. The van der Waals surface area contributed by atoms with E-state index in [2.05, 4.69) is 4.98 Å². The number of rotatable bonds is 5. The number of primary amides is 1. The zero-order valence-corrected chi connectivity index (χ0v) is 13.5. The Bertz CT molecular complexity index is 935. The fourth-order valence-electron chi connectivity index (χ4n) is 2.58. The summed E-state index contributed by atoms with van der Waals surface area (Å²) in [6, 6.07) is 10.3. The molecule has 3 rings (SSSR count). The van der Waals surface area contributed by atoms with E-state index < -0.39 is 17.6 Å². The molecule has 126 valence electrons. The molecule has 25 heavy (non-hydrogen) atoms. The Morgan fingerprint density at radius 1 is 1.24 bits per heavy atom. The van der Waals surface area contributed by atoms with Crippen LogP contribution in [0.1, 0.15) is 27.5 Å². The molecule has 0 saturated heterocycles. The first-order valence-corrected chi connectivity index (χ1v) is 7.64. The molecule has 1 aromatic carbocycles. The Hall–Kier alpha value is -2.99. The van der Waals surface area contributed by atoms with Crippen LogP contribution in [0.2, 0.25) is 5.02 Å². The van der Waals surface area contributed by atoms with Crippen molar-refractivity contribution in [2.75, 3.05) is 0 Å². The van der Waals surface area contributed by atoms with E-state index in [9.17, 15) is 14.0 Å². The summed E-state index contributed by atoms with van der Waals surface area (Å²) >= 11 is 6.06. The second kappa shape index (κ2) is 6.86. The van der Waals surface area contributed by atoms with E-state index >= 15 is 0 Å². The Morgan fingerprint density at radius 2 is 2.00 bits per heavy atom. The molecule has 1 amide bonds. The predicted octanol–water partition coefficient (Wildman–Crippen LogP) is 3.56. The van der Waals surface area contributed by atoms with Gasteiger partial charge in [-0.05, 0) is 30.3 Å². The van der Waals surface area contributed by atoms with E-state index in [4.69, 9.17) is 21.8 Å². The van der Waals surface area contributed by atoms with Crippen molar-refractivity contribution in [1.29, 1.82) is 0 Å². The molecule has 3 aromatic rings. The van der Waals surface area contributed by atoms with E-state index in [-0.39, 0.29) is 22.0 Å². The van der Waals surface area contributed by atoms with Crippen LogP contribution in [-0.2, 0) is 4.79 Å². The van der Waals surface area contributed by atoms with Gasteiger partial charge in [-0.15, -0.1) is 0 Å². The number of pyridine rings is 1. The van der Waals surface area contributed by atoms with E-state index in [1.54, 1.807) is 12.1 Å². The van der Waals surface area contributed by atoms with Gasteiger partial charge < -0.3 is 10.2 Å². The Balaban J connectivity index is 2.15. The van der Waals surface area contributed by atoms with Crippen molar-refractivity contribution < 1.29 is 18.4 Å². The predicted molar refractivity (Wildman–Crippen MR) is 89.8 cm³/mol. The first kappa shape index (κ1) is 16.9.